The minimum atomic E-state index is -0.00852. The van der Waals surface area contributed by atoms with E-state index in [-0.39, 0.29) is 18.1 Å². The second-order valence-corrected chi connectivity index (χ2v) is 8.01. The molecule has 28 heavy (non-hydrogen) atoms. The second-order valence-electron chi connectivity index (χ2n) is 8.01. The Morgan fingerprint density at radius 3 is 2.64 bits per heavy atom. The molecule has 0 spiro atoms. The molecule has 0 bridgehead atoms. The Kier molecular flexibility index (Phi) is 8.27. The van der Waals surface area contributed by atoms with E-state index in [2.05, 4.69) is 24.0 Å². The summed E-state index contributed by atoms with van der Waals surface area (Å²) in [5.74, 6) is 0.718. The summed E-state index contributed by atoms with van der Waals surface area (Å²) in [6.07, 6.45) is 2.05. The summed E-state index contributed by atoms with van der Waals surface area (Å²) in [4.78, 5) is 17.2. The van der Waals surface area contributed by atoms with Crippen molar-refractivity contribution in [1.82, 2.24) is 9.80 Å². The topological polar surface area (TPSA) is 51.2 Å². The lowest BCUT2D eigenvalue weighted by atomic mass is 9.99. The van der Waals surface area contributed by atoms with Crippen LogP contribution in [0.15, 0.2) is 30.3 Å². The summed E-state index contributed by atoms with van der Waals surface area (Å²) in [5.41, 5.74) is 1.16. The molecule has 0 saturated carbocycles. The van der Waals surface area contributed by atoms with Gasteiger partial charge < -0.3 is 19.1 Å². The molecule has 2 unspecified atom stereocenters. The molecule has 2 atom stereocenters. The van der Waals surface area contributed by atoms with Gasteiger partial charge in [0.1, 0.15) is 0 Å². The summed E-state index contributed by atoms with van der Waals surface area (Å²) in [7, 11) is 1.71. The predicted octanol–water partition coefficient (Wildman–Crippen LogP) is 2.18. The van der Waals surface area contributed by atoms with Crippen LogP contribution in [0, 0.1) is 5.92 Å². The van der Waals surface area contributed by atoms with Gasteiger partial charge in [-0.2, -0.15) is 0 Å². The van der Waals surface area contributed by atoms with Crippen LogP contribution in [0.2, 0.25) is 0 Å². The SMILES string of the molecule is COCC(C)N1CC(=O)N(CC2CCOCC2)CC(OCc2ccccc2)C1. The number of carbonyl (C=O) groups is 1. The number of rotatable bonds is 8. The zero-order valence-electron chi connectivity index (χ0n) is 17.2. The van der Waals surface area contributed by atoms with Crippen molar-refractivity contribution in [1.29, 1.82) is 0 Å². The van der Waals surface area contributed by atoms with Gasteiger partial charge in [0.2, 0.25) is 5.91 Å². The summed E-state index contributed by atoms with van der Waals surface area (Å²) < 4.78 is 17.1. The highest BCUT2D eigenvalue weighted by Gasteiger charge is 2.32. The number of methoxy groups -OCH3 is 1. The Morgan fingerprint density at radius 1 is 1.18 bits per heavy atom. The molecule has 1 aromatic carbocycles. The lowest BCUT2D eigenvalue weighted by Gasteiger charge is -2.30. The van der Waals surface area contributed by atoms with Crippen LogP contribution in [0.1, 0.15) is 25.3 Å². The Bertz CT molecular complexity index is 591. The predicted molar refractivity (Wildman–Crippen MR) is 108 cm³/mol. The largest absolute Gasteiger partial charge is 0.383 e. The summed E-state index contributed by atoms with van der Waals surface area (Å²) in [6, 6.07) is 10.4. The molecule has 0 aromatic heterocycles. The molecule has 0 N–H and O–H groups in total. The first-order valence-corrected chi connectivity index (χ1v) is 10.4. The quantitative estimate of drug-likeness (QED) is 0.681. The number of amides is 1. The number of carbonyl (C=O) groups excluding carboxylic acids is 1. The number of ether oxygens (including phenoxy) is 3. The molecule has 2 heterocycles. The smallest absolute Gasteiger partial charge is 0.236 e. The van der Waals surface area contributed by atoms with Crippen molar-refractivity contribution in [2.45, 2.75) is 38.5 Å². The van der Waals surface area contributed by atoms with Gasteiger partial charge in [0.15, 0.2) is 0 Å². The van der Waals surface area contributed by atoms with Crippen LogP contribution in [-0.4, -0.2) is 81.0 Å². The van der Waals surface area contributed by atoms with E-state index in [9.17, 15) is 4.79 Å². The fourth-order valence-electron chi connectivity index (χ4n) is 4.00. The summed E-state index contributed by atoms with van der Waals surface area (Å²) in [5, 5.41) is 0. The molecule has 0 radical (unpaired) electrons. The van der Waals surface area contributed by atoms with Gasteiger partial charge in [-0.15, -0.1) is 0 Å². The molecule has 2 saturated heterocycles. The molecule has 2 fully saturated rings. The minimum Gasteiger partial charge on any atom is -0.383 e. The van der Waals surface area contributed by atoms with Crippen molar-refractivity contribution in [3.8, 4) is 0 Å². The highest BCUT2D eigenvalue weighted by molar-refractivity contribution is 5.78. The first kappa shape index (κ1) is 21.2. The third-order valence-corrected chi connectivity index (χ3v) is 5.73. The molecule has 1 amide bonds. The zero-order valence-corrected chi connectivity index (χ0v) is 17.2. The first-order chi connectivity index (χ1) is 13.7. The van der Waals surface area contributed by atoms with Crippen molar-refractivity contribution >= 4 is 5.91 Å². The molecule has 2 aliphatic rings. The molecule has 6 heteroatoms. The average molecular weight is 391 g/mol. The molecule has 1 aromatic rings. The normalized spacial score (nSPS) is 23.6. The van der Waals surface area contributed by atoms with Gasteiger partial charge in [-0.25, -0.2) is 0 Å². The van der Waals surface area contributed by atoms with Crippen LogP contribution in [0.4, 0.5) is 0 Å². The Labute approximate surface area is 168 Å². The Balaban J connectivity index is 1.66. The van der Waals surface area contributed by atoms with Crippen molar-refractivity contribution in [3.63, 3.8) is 0 Å². The van der Waals surface area contributed by atoms with Gasteiger partial charge >= 0.3 is 0 Å². The van der Waals surface area contributed by atoms with Crippen LogP contribution in [0.5, 0.6) is 0 Å². The molecule has 3 rings (SSSR count). The third kappa shape index (κ3) is 6.27. The molecule has 6 nitrogen and oxygen atoms in total. The van der Waals surface area contributed by atoms with Crippen molar-refractivity contribution < 1.29 is 19.0 Å². The van der Waals surface area contributed by atoms with E-state index >= 15 is 0 Å². The van der Waals surface area contributed by atoms with Crippen LogP contribution in [-0.2, 0) is 25.6 Å². The molecule has 0 aliphatic carbocycles. The lowest BCUT2D eigenvalue weighted by Crippen LogP contribution is -2.43. The van der Waals surface area contributed by atoms with E-state index < -0.39 is 0 Å². The number of hydrogen-bond acceptors (Lipinski definition) is 5. The van der Waals surface area contributed by atoms with E-state index in [0.717, 1.165) is 44.7 Å². The van der Waals surface area contributed by atoms with Crippen LogP contribution < -0.4 is 0 Å². The van der Waals surface area contributed by atoms with E-state index in [4.69, 9.17) is 14.2 Å². The van der Waals surface area contributed by atoms with Crippen LogP contribution in [0.3, 0.4) is 0 Å². The molecular formula is C22H34N2O4. The number of benzene rings is 1. The number of hydrogen-bond donors (Lipinski definition) is 0. The number of nitrogens with zero attached hydrogens (tertiary/aromatic N) is 2. The fourth-order valence-corrected chi connectivity index (χ4v) is 4.00. The Hall–Kier alpha value is -1.47. The van der Waals surface area contributed by atoms with Crippen LogP contribution >= 0.6 is 0 Å². The van der Waals surface area contributed by atoms with Crippen molar-refractivity contribution in [2.24, 2.45) is 5.92 Å². The fraction of sp³-hybridized carbons (Fsp3) is 0.682. The molecular weight excluding hydrogens is 356 g/mol. The van der Waals surface area contributed by atoms with Gasteiger partial charge in [-0.1, -0.05) is 30.3 Å². The maximum Gasteiger partial charge on any atom is 0.236 e. The maximum atomic E-state index is 13.0. The summed E-state index contributed by atoms with van der Waals surface area (Å²) >= 11 is 0. The third-order valence-electron chi connectivity index (χ3n) is 5.73. The monoisotopic (exact) mass is 390 g/mol. The lowest BCUT2D eigenvalue weighted by molar-refractivity contribution is -0.133. The highest BCUT2D eigenvalue weighted by atomic mass is 16.5. The summed E-state index contributed by atoms with van der Waals surface area (Å²) in [6.45, 7) is 7.52. The van der Waals surface area contributed by atoms with E-state index in [1.54, 1.807) is 7.11 Å². The van der Waals surface area contributed by atoms with Gasteiger partial charge in [0.25, 0.3) is 0 Å². The van der Waals surface area contributed by atoms with E-state index in [1.165, 1.54) is 0 Å². The molecule has 156 valence electrons. The van der Waals surface area contributed by atoms with E-state index in [1.807, 2.05) is 23.1 Å². The van der Waals surface area contributed by atoms with E-state index in [0.29, 0.717) is 32.2 Å². The van der Waals surface area contributed by atoms with Gasteiger partial charge in [-0.3, -0.25) is 9.69 Å². The van der Waals surface area contributed by atoms with Gasteiger partial charge in [0.05, 0.1) is 25.9 Å². The van der Waals surface area contributed by atoms with Gasteiger partial charge in [0, 0.05) is 46.0 Å². The molecule has 2 aliphatic heterocycles. The van der Waals surface area contributed by atoms with Crippen molar-refractivity contribution in [3.05, 3.63) is 35.9 Å². The second kappa shape index (κ2) is 10.9. The van der Waals surface area contributed by atoms with Crippen molar-refractivity contribution in [2.75, 3.05) is 53.1 Å². The highest BCUT2D eigenvalue weighted by Crippen LogP contribution is 2.19. The van der Waals surface area contributed by atoms with Gasteiger partial charge in [-0.05, 0) is 31.2 Å². The first-order valence-electron chi connectivity index (χ1n) is 10.4. The van der Waals surface area contributed by atoms with Crippen LogP contribution in [0.25, 0.3) is 0 Å². The standard InChI is InChI=1S/C22H34N2O4/c1-18(16-26-2)23-13-21(28-17-20-6-4-3-5-7-20)14-24(22(25)15-23)12-19-8-10-27-11-9-19/h3-7,18-19,21H,8-17H2,1-2H3. The Morgan fingerprint density at radius 2 is 1.93 bits per heavy atom. The minimum absolute atomic E-state index is 0.00852. The zero-order chi connectivity index (χ0) is 19.8. The maximum absolute atomic E-state index is 13.0. The average Bonchev–Trinajstić information content (AvgIpc) is 2.87.